The maximum atomic E-state index is 12.0. The van der Waals surface area contributed by atoms with Crippen LogP contribution >= 0.6 is 0 Å². The van der Waals surface area contributed by atoms with Gasteiger partial charge in [0.15, 0.2) is 0 Å². The molecule has 1 rings (SSSR count). The first-order valence-corrected chi connectivity index (χ1v) is 7.65. The quantitative estimate of drug-likeness (QED) is 0.646. The third-order valence-electron chi connectivity index (χ3n) is 3.80. The van der Waals surface area contributed by atoms with Gasteiger partial charge in [0, 0.05) is 6.54 Å². The number of aliphatic hydroxyl groups excluding tert-OH is 1. The van der Waals surface area contributed by atoms with Gasteiger partial charge in [0.1, 0.15) is 6.54 Å². The molecule has 1 heterocycles. The number of carbonyl (C=O) groups is 1. The number of piperidine rings is 1. The molecule has 2 atom stereocenters. The number of hydrogen-bond donors (Lipinski definition) is 3. The monoisotopic (exact) mass is 325 g/mol. The van der Waals surface area contributed by atoms with E-state index in [4.69, 9.17) is 0 Å². The summed E-state index contributed by atoms with van der Waals surface area (Å²) in [5, 5.41) is 14.2. The molecule has 0 aromatic heterocycles. The highest BCUT2D eigenvalue weighted by molar-refractivity contribution is 5.81. The van der Waals surface area contributed by atoms with Gasteiger partial charge in [-0.3, -0.25) is 4.79 Å². The molecule has 0 saturated carbocycles. The zero-order valence-corrected chi connectivity index (χ0v) is 13.1. The first kappa shape index (κ1) is 19.2. The lowest BCUT2D eigenvalue weighted by Crippen LogP contribution is -2.47. The Morgan fingerprint density at radius 2 is 1.91 bits per heavy atom. The molecule has 0 bridgehead atoms. The van der Waals surface area contributed by atoms with Crippen molar-refractivity contribution in [1.29, 1.82) is 0 Å². The van der Waals surface area contributed by atoms with Crippen molar-refractivity contribution in [2.75, 3.05) is 32.7 Å². The number of β-amino-alcohol motifs (C(OH)–C–C–N with tert-alkyl or cyclic N) is 1. The Labute approximate surface area is 129 Å². The van der Waals surface area contributed by atoms with Crippen molar-refractivity contribution in [2.45, 2.75) is 45.0 Å². The summed E-state index contributed by atoms with van der Waals surface area (Å²) >= 11 is 0. The van der Waals surface area contributed by atoms with E-state index in [2.05, 4.69) is 10.2 Å². The number of rotatable bonds is 7. The van der Waals surface area contributed by atoms with Crippen LogP contribution in [-0.4, -0.2) is 67.0 Å². The second-order valence-electron chi connectivity index (χ2n) is 6.06. The number of carbonyl (C=O) groups excluding carboxylic acids is 1. The van der Waals surface area contributed by atoms with Crippen molar-refractivity contribution < 1.29 is 23.1 Å². The summed E-state index contributed by atoms with van der Waals surface area (Å²) in [6, 6.07) is -0.641. The van der Waals surface area contributed by atoms with Crippen LogP contribution in [0.2, 0.25) is 0 Å². The van der Waals surface area contributed by atoms with E-state index in [0.717, 1.165) is 25.9 Å². The van der Waals surface area contributed by atoms with Crippen molar-refractivity contribution in [2.24, 2.45) is 5.92 Å². The lowest BCUT2D eigenvalue weighted by atomic mass is 9.96. The number of nitrogens with one attached hydrogen (secondary N) is 2. The summed E-state index contributed by atoms with van der Waals surface area (Å²) < 4.78 is 36.1. The van der Waals surface area contributed by atoms with Gasteiger partial charge in [0.2, 0.25) is 5.91 Å². The molecule has 8 heteroatoms. The molecule has 1 amide bonds. The second kappa shape index (κ2) is 8.69. The van der Waals surface area contributed by atoms with Crippen molar-refractivity contribution in [1.82, 2.24) is 15.5 Å². The van der Waals surface area contributed by atoms with E-state index >= 15 is 0 Å². The summed E-state index contributed by atoms with van der Waals surface area (Å²) in [4.78, 5) is 13.7. The molecular formula is C14H26F3N3O2. The van der Waals surface area contributed by atoms with E-state index < -0.39 is 24.7 Å². The molecule has 5 nitrogen and oxygen atoms in total. The Bertz CT molecular complexity index is 343. The number of likely N-dealkylation sites (tertiary alicyclic amines) is 1. The van der Waals surface area contributed by atoms with Crippen LogP contribution in [0.25, 0.3) is 0 Å². The van der Waals surface area contributed by atoms with E-state index in [9.17, 15) is 23.1 Å². The first-order chi connectivity index (χ1) is 10.2. The number of amides is 1. The number of nitrogens with zero attached hydrogens (tertiary/aromatic N) is 1. The average Bonchev–Trinajstić information content (AvgIpc) is 2.42. The molecule has 1 fully saturated rings. The highest BCUT2D eigenvalue weighted by atomic mass is 19.4. The fraction of sp³-hybridized carbons (Fsp3) is 0.929. The van der Waals surface area contributed by atoms with Crippen LogP contribution in [0.1, 0.15) is 26.7 Å². The molecule has 0 aliphatic carbocycles. The van der Waals surface area contributed by atoms with Crippen LogP contribution < -0.4 is 10.6 Å². The Morgan fingerprint density at radius 1 is 1.32 bits per heavy atom. The van der Waals surface area contributed by atoms with Crippen molar-refractivity contribution >= 4 is 5.91 Å². The zero-order chi connectivity index (χ0) is 16.8. The largest absolute Gasteiger partial charge is 0.405 e. The van der Waals surface area contributed by atoms with E-state index in [1.807, 2.05) is 5.32 Å². The molecule has 3 N–H and O–H groups in total. The summed E-state index contributed by atoms with van der Waals surface area (Å²) in [5.74, 6) is -0.230. The molecule has 1 aliphatic rings. The van der Waals surface area contributed by atoms with Crippen LogP contribution in [0.4, 0.5) is 13.2 Å². The second-order valence-corrected chi connectivity index (χ2v) is 6.06. The van der Waals surface area contributed by atoms with E-state index in [1.54, 1.807) is 13.8 Å². The van der Waals surface area contributed by atoms with E-state index in [1.165, 1.54) is 0 Å². The average molecular weight is 325 g/mol. The van der Waals surface area contributed by atoms with Gasteiger partial charge in [0.05, 0.1) is 12.1 Å². The lowest BCUT2D eigenvalue weighted by Gasteiger charge is -2.33. The molecule has 2 unspecified atom stereocenters. The molecule has 1 saturated heterocycles. The molecule has 22 heavy (non-hydrogen) atoms. The minimum Gasteiger partial charge on any atom is -0.392 e. The highest BCUT2D eigenvalue weighted by Gasteiger charge is 2.29. The van der Waals surface area contributed by atoms with Crippen LogP contribution in [-0.2, 0) is 4.79 Å². The minimum absolute atomic E-state index is 0.341. The van der Waals surface area contributed by atoms with Crippen LogP contribution in [0.5, 0.6) is 0 Å². The summed E-state index contributed by atoms with van der Waals surface area (Å²) in [7, 11) is 0. The van der Waals surface area contributed by atoms with E-state index in [-0.39, 0.29) is 6.10 Å². The number of halogens is 3. The van der Waals surface area contributed by atoms with Gasteiger partial charge >= 0.3 is 6.18 Å². The van der Waals surface area contributed by atoms with Gasteiger partial charge in [0.25, 0.3) is 0 Å². The molecule has 0 aromatic rings. The Balaban J connectivity index is 2.19. The van der Waals surface area contributed by atoms with Gasteiger partial charge in [-0.25, -0.2) is 0 Å². The summed E-state index contributed by atoms with van der Waals surface area (Å²) in [6.45, 7) is 5.09. The number of hydrogen-bond acceptors (Lipinski definition) is 4. The minimum atomic E-state index is -4.38. The maximum Gasteiger partial charge on any atom is 0.405 e. The number of alkyl halides is 3. The Morgan fingerprint density at radius 3 is 2.41 bits per heavy atom. The lowest BCUT2D eigenvalue weighted by molar-refractivity contribution is -0.139. The molecular weight excluding hydrogens is 299 g/mol. The highest BCUT2D eigenvalue weighted by Crippen LogP contribution is 2.16. The van der Waals surface area contributed by atoms with Gasteiger partial charge in [-0.15, -0.1) is 0 Å². The standard InChI is InChI=1S/C14H26F3N3O2/c1-10(21)8-20-5-3-12(4-6-20)7-18-11(2)13(22)19-9-14(15,16)17/h10-12,18,21H,3-9H2,1-2H3,(H,19,22). The SMILES string of the molecule is CC(O)CN1CCC(CNC(C)C(=O)NCC(F)(F)F)CC1. The smallest absolute Gasteiger partial charge is 0.392 e. The van der Waals surface area contributed by atoms with Gasteiger partial charge < -0.3 is 20.6 Å². The molecule has 1 aliphatic heterocycles. The predicted octanol–water partition coefficient (Wildman–Crippen LogP) is 0.736. The third kappa shape index (κ3) is 7.95. The molecule has 0 aromatic carbocycles. The van der Waals surface area contributed by atoms with Crippen LogP contribution in [0, 0.1) is 5.92 Å². The van der Waals surface area contributed by atoms with Crippen molar-refractivity contribution in [3.63, 3.8) is 0 Å². The van der Waals surface area contributed by atoms with Crippen molar-refractivity contribution in [3.8, 4) is 0 Å². The first-order valence-electron chi connectivity index (χ1n) is 7.65. The molecule has 0 spiro atoms. The predicted molar refractivity (Wildman–Crippen MR) is 77.4 cm³/mol. The van der Waals surface area contributed by atoms with Crippen molar-refractivity contribution in [3.05, 3.63) is 0 Å². The number of aliphatic hydroxyl groups is 1. The normalized spacial score (nSPS) is 20.6. The summed E-state index contributed by atoms with van der Waals surface area (Å²) in [6.07, 6.45) is -2.81. The molecule has 0 radical (unpaired) electrons. The zero-order valence-electron chi connectivity index (χ0n) is 13.1. The Kier molecular flexibility index (Phi) is 7.58. The van der Waals surface area contributed by atoms with Crippen LogP contribution in [0.15, 0.2) is 0 Å². The van der Waals surface area contributed by atoms with E-state index in [0.29, 0.717) is 19.0 Å². The van der Waals surface area contributed by atoms with Gasteiger partial charge in [-0.2, -0.15) is 13.2 Å². The third-order valence-corrected chi connectivity index (χ3v) is 3.80. The van der Waals surface area contributed by atoms with Crippen LogP contribution in [0.3, 0.4) is 0 Å². The Hall–Kier alpha value is -0.860. The fourth-order valence-corrected chi connectivity index (χ4v) is 2.52. The van der Waals surface area contributed by atoms with Gasteiger partial charge in [-0.05, 0) is 52.2 Å². The topological polar surface area (TPSA) is 64.6 Å². The summed E-state index contributed by atoms with van der Waals surface area (Å²) in [5.41, 5.74) is 0. The van der Waals surface area contributed by atoms with Gasteiger partial charge in [-0.1, -0.05) is 0 Å². The maximum absolute atomic E-state index is 12.0. The fourth-order valence-electron chi connectivity index (χ4n) is 2.52. The molecule has 130 valence electrons.